The van der Waals surface area contributed by atoms with Crippen molar-refractivity contribution in [3.63, 3.8) is 0 Å². The Hall–Kier alpha value is -0.0800. The van der Waals surface area contributed by atoms with Gasteiger partial charge in [-0.2, -0.15) is 0 Å². The molecule has 0 amide bonds. The summed E-state index contributed by atoms with van der Waals surface area (Å²) in [5, 5.41) is 3.70. The average molecular weight is 196 g/mol. The van der Waals surface area contributed by atoms with Gasteiger partial charge in [0.1, 0.15) is 0 Å². The molecule has 2 unspecified atom stereocenters. The number of rotatable bonds is 1. The highest BCUT2D eigenvalue weighted by Gasteiger charge is 2.28. The molecule has 2 nitrogen and oxygen atoms in total. The minimum absolute atomic E-state index is 0.720. The van der Waals surface area contributed by atoms with Crippen LogP contribution in [0, 0.1) is 5.92 Å². The first-order chi connectivity index (χ1) is 6.77. The summed E-state index contributed by atoms with van der Waals surface area (Å²) >= 11 is 0. The van der Waals surface area contributed by atoms with Crippen LogP contribution in [0.2, 0.25) is 0 Å². The van der Waals surface area contributed by atoms with Gasteiger partial charge in [-0.1, -0.05) is 20.3 Å². The van der Waals surface area contributed by atoms with Gasteiger partial charge < -0.3 is 5.32 Å². The maximum absolute atomic E-state index is 3.70. The Morgan fingerprint density at radius 1 is 1.21 bits per heavy atom. The Kier molecular flexibility index (Phi) is 3.45. The molecule has 2 aliphatic heterocycles. The van der Waals surface area contributed by atoms with Crippen molar-refractivity contribution < 1.29 is 0 Å². The quantitative estimate of drug-likeness (QED) is 0.688. The van der Waals surface area contributed by atoms with Crippen LogP contribution >= 0.6 is 0 Å². The third-order valence-corrected chi connectivity index (χ3v) is 3.87. The van der Waals surface area contributed by atoms with Gasteiger partial charge in [0.05, 0.1) is 0 Å². The lowest BCUT2D eigenvalue weighted by Crippen LogP contribution is -2.45. The Balaban J connectivity index is 1.96. The van der Waals surface area contributed by atoms with Crippen molar-refractivity contribution in [2.45, 2.75) is 51.6 Å². The maximum Gasteiger partial charge on any atom is 0.0218 e. The van der Waals surface area contributed by atoms with Crippen LogP contribution in [-0.2, 0) is 0 Å². The number of hydrogen-bond donors (Lipinski definition) is 1. The van der Waals surface area contributed by atoms with E-state index in [0.717, 1.165) is 18.0 Å². The summed E-state index contributed by atoms with van der Waals surface area (Å²) < 4.78 is 0. The molecule has 0 aromatic rings. The molecule has 2 fully saturated rings. The van der Waals surface area contributed by atoms with Crippen LogP contribution < -0.4 is 5.32 Å². The van der Waals surface area contributed by atoms with Crippen molar-refractivity contribution >= 4 is 0 Å². The van der Waals surface area contributed by atoms with Crippen LogP contribution in [0.4, 0.5) is 0 Å². The molecule has 14 heavy (non-hydrogen) atoms. The SMILES string of the molecule is CC(C)C1CN2CCCCC2CCN1. The highest BCUT2D eigenvalue weighted by atomic mass is 15.2. The average Bonchev–Trinajstić information content (AvgIpc) is 2.39. The van der Waals surface area contributed by atoms with E-state index in [2.05, 4.69) is 24.1 Å². The molecule has 0 bridgehead atoms. The molecule has 82 valence electrons. The first-order valence-corrected chi connectivity index (χ1v) is 6.25. The Morgan fingerprint density at radius 2 is 2.07 bits per heavy atom. The van der Waals surface area contributed by atoms with Gasteiger partial charge in [0.15, 0.2) is 0 Å². The van der Waals surface area contributed by atoms with E-state index in [1.807, 2.05) is 0 Å². The first-order valence-electron chi connectivity index (χ1n) is 6.25. The summed E-state index contributed by atoms with van der Waals surface area (Å²) in [6.07, 6.45) is 5.67. The molecule has 2 heteroatoms. The van der Waals surface area contributed by atoms with Crippen molar-refractivity contribution in [2.24, 2.45) is 5.92 Å². The molecule has 0 aliphatic carbocycles. The molecular weight excluding hydrogens is 172 g/mol. The van der Waals surface area contributed by atoms with Crippen molar-refractivity contribution in [1.82, 2.24) is 10.2 Å². The summed E-state index contributed by atoms with van der Waals surface area (Å²) in [4.78, 5) is 2.73. The second-order valence-electron chi connectivity index (χ2n) is 5.24. The lowest BCUT2D eigenvalue weighted by atomic mass is 9.99. The first kappa shape index (κ1) is 10.4. The molecule has 2 rings (SSSR count). The molecular formula is C12H24N2. The molecule has 2 heterocycles. The van der Waals surface area contributed by atoms with Gasteiger partial charge >= 0.3 is 0 Å². The van der Waals surface area contributed by atoms with Gasteiger partial charge in [-0.15, -0.1) is 0 Å². The van der Waals surface area contributed by atoms with Crippen LogP contribution in [0.25, 0.3) is 0 Å². The van der Waals surface area contributed by atoms with Gasteiger partial charge in [-0.25, -0.2) is 0 Å². The van der Waals surface area contributed by atoms with E-state index in [1.165, 1.54) is 45.3 Å². The van der Waals surface area contributed by atoms with E-state index >= 15 is 0 Å². The van der Waals surface area contributed by atoms with E-state index in [9.17, 15) is 0 Å². The van der Waals surface area contributed by atoms with Gasteiger partial charge in [-0.3, -0.25) is 4.90 Å². The second-order valence-corrected chi connectivity index (χ2v) is 5.24. The fraction of sp³-hybridized carbons (Fsp3) is 1.00. The topological polar surface area (TPSA) is 15.3 Å². The monoisotopic (exact) mass is 196 g/mol. The van der Waals surface area contributed by atoms with Crippen molar-refractivity contribution in [2.75, 3.05) is 19.6 Å². The lowest BCUT2D eigenvalue weighted by molar-refractivity contribution is 0.139. The van der Waals surface area contributed by atoms with Crippen LogP contribution in [0.5, 0.6) is 0 Å². The minimum Gasteiger partial charge on any atom is -0.312 e. The zero-order chi connectivity index (χ0) is 9.97. The molecule has 0 spiro atoms. The van der Waals surface area contributed by atoms with E-state index in [4.69, 9.17) is 0 Å². The molecule has 1 N–H and O–H groups in total. The molecule has 2 saturated heterocycles. The maximum atomic E-state index is 3.70. The summed E-state index contributed by atoms with van der Waals surface area (Å²) in [6, 6.07) is 1.61. The van der Waals surface area contributed by atoms with Crippen LogP contribution in [0.1, 0.15) is 39.5 Å². The predicted molar refractivity (Wildman–Crippen MR) is 60.5 cm³/mol. The zero-order valence-corrected chi connectivity index (χ0v) is 9.63. The molecule has 0 aromatic heterocycles. The Morgan fingerprint density at radius 3 is 2.86 bits per heavy atom. The summed E-state index contributed by atoms with van der Waals surface area (Å²) in [5.74, 6) is 0.774. The summed E-state index contributed by atoms with van der Waals surface area (Å²) in [5.41, 5.74) is 0. The van der Waals surface area contributed by atoms with E-state index < -0.39 is 0 Å². The van der Waals surface area contributed by atoms with E-state index in [1.54, 1.807) is 0 Å². The second kappa shape index (κ2) is 4.63. The summed E-state index contributed by atoms with van der Waals surface area (Å²) in [6.45, 7) is 8.52. The molecule has 0 saturated carbocycles. The highest BCUT2D eigenvalue weighted by Crippen LogP contribution is 2.22. The van der Waals surface area contributed by atoms with Gasteiger partial charge in [-0.05, 0) is 38.3 Å². The normalized spacial score (nSPS) is 35.4. The third-order valence-electron chi connectivity index (χ3n) is 3.87. The smallest absolute Gasteiger partial charge is 0.0218 e. The highest BCUT2D eigenvalue weighted by molar-refractivity contribution is 4.86. The Bertz CT molecular complexity index is 179. The number of hydrogen-bond acceptors (Lipinski definition) is 2. The number of nitrogens with one attached hydrogen (secondary N) is 1. The van der Waals surface area contributed by atoms with E-state index in [-0.39, 0.29) is 0 Å². The lowest BCUT2D eigenvalue weighted by Gasteiger charge is -2.35. The van der Waals surface area contributed by atoms with Crippen LogP contribution in [-0.4, -0.2) is 36.6 Å². The fourth-order valence-corrected chi connectivity index (χ4v) is 2.83. The summed E-state index contributed by atoms with van der Waals surface area (Å²) in [7, 11) is 0. The number of piperidine rings is 1. The number of nitrogens with zero attached hydrogens (tertiary/aromatic N) is 1. The molecule has 0 radical (unpaired) electrons. The van der Waals surface area contributed by atoms with Gasteiger partial charge in [0, 0.05) is 18.6 Å². The number of fused-ring (bicyclic) bond motifs is 1. The molecule has 0 aromatic carbocycles. The van der Waals surface area contributed by atoms with Gasteiger partial charge in [0.2, 0.25) is 0 Å². The largest absolute Gasteiger partial charge is 0.312 e. The standard InChI is InChI=1S/C12H24N2/c1-10(2)12-9-14-8-4-3-5-11(14)6-7-13-12/h10-13H,3-9H2,1-2H3. The van der Waals surface area contributed by atoms with Crippen molar-refractivity contribution in [3.8, 4) is 0 Å². The van der Waals surface area contributed by atoms with E-state index in [0.29, 0.717) is 0 Å². The zero-order valence-electron chi connectivity index (χ0n) is 9.63. The van der Waals surface area contributed by atoms with Crippen molar-refractivity contribution in [1.29, 1.82) is 0 Å². The van der Waals surface area contributed by atoms with Gasteiger partial charge in [0.25, 0.3) is 0 Å². The fourth-order valence-electron chi connectivity index (χ4n) is 2.83. The third kappa shape index (κ3) is 2.29. The predicted octanol–water partition coefficient (Wildman–Crippen LogP) is 1.86. The minimum atomic E-state index is 0.720. The Labute approximate surface area is 88.1 Å². The van der Waals surface area contributed by atoms with Crippen LogP contribution in [0.3, 0.4) is 0 Å². The molecule has 2 atom stereocenters. The molecule has 2 aliphatic rings. The van der Waals surface area contributed by atoms with Crippen LogP contribution in [0.15, 0.2) is 0 Å². The van der Waals surface area contributed by atoms with Crippen molar-refractivity contribution in [3.05, 3.63) is 0 Å².